The van der Waals surface area contributed by atoms with E-state index >= 15 is 0 Å². The number of ether oxygens (including phenoxy) is 3. The van der Waals surface area contributed by atoms with Crippen molar-refractivity contribution in [3.05, 3.63) is 60.7 Å². The van der Waals surface area contributed by atoms with Gasteiger partial charge in [-0.1, -0.05) is 88.4 Å². The van der Waals surface area contributed by atoms with E-state index in [-0.39, 0.29) is 35.1 Å². The Balaban J connectivity index is 1.73. The molecule has 0 bridgehead atoms. The molecule has 1 aliphatic heterocycles. The summed E-state index contributed by atoms with van der Waals surface area (Å²) in [7, 11) is 0.727. The van der Waals surface area contributed by atoms with Gasteiger partial charge in [0.25, 0.3) is 8.32 Å². The maximum Gasteiger partial charge on any atom is 0.309 e. The molecule has 0 amide bonds. The molecular weight excluding hydrogens is 456 g/mol. The van der Waals surface area contributed by atoms with Crippen molar-refractivity contribution in [3.8, 4) is 0 Å². The van der Waals surface area contributed by atoms with Crippen LogP contribution >= 0.6 is 0 Å². The van der Waals surface area contributed by atoms with Crippen LogP contribution in [0.25, 0.3) is 0 Å². The first-order valence-electron chi connectivity index (χ1n) is 12.7. The molecule has 0 aromatic heterocycles. The molecule has 1 heterocycles. The number of hydrogen-bond donors (Lipinski definition) is 0. The van der Waals surface area contributed by atoms with E-state index in [2.05, 4.69) is 88.4 Å². The number of carbonyl (C=O) groups excluding carboxylic acids is 1. The minimum Gasteiger partial charge on any atom is -0.465 e. The van der Waals surface area contributed by atoms with Crippen molar-refractivity contribution in [2.75, 3.05) is 27.4 Å². The summed E-state index contributed by atoms with van der Waals surface area (Å²) in [6.07, 6.45) is 2.13. The van der Waals surface area contributed by atoms with Crippen LogP contribution in [0.2, 0.25) is 5.04 Å². The Morgan fingerprint density at radius 3 is 2.00 bits per heavy atom. The largest absolute Gasteiger partial charge is 0.465 e. The highest BCUT2D eigenvalue weighted by Gasteiger charge is 2.50. The third-order valence-corrected chi connectivity index (χ3v) is 12.4. The van der Waals surface area contributed by atoms with Crippen LogP contribution in [-0.4, -0.2) is 48.0 Å². The van der Waals surface area contributed by atoms with Crippen molar-refractivity contribution >= 4 is 24.7 Å². The van der Waals surface area contributed by atoms with Crippen molar-refractivity contribution in [2.45, 2.75) is 58.3 Å². The Kier molecular flexibility index (Phi) is 9.70. The molecule has 1 aliphatic rings. The van der Waals surface area contributed by atoms with Crippen LogP contribution in [0, 0.1) is 17.8 Å². The molecule has 2 aromatic carbocycles. The summed E-state index contributed by atoms with van der Waals surface area (Å²) >= 11 is 0. The summed E-state index contributed by atoms with van der Waals surface area (Å²) < 4.78 is 23.2. The van der Waals surface area contributed by atoms with Crippen LogP contribution in [0.5, 0.6) is 0 Å². The summed E-state index contributed by atoms with van der Waals surface area (Å²) in [6.45, 7) is 10.1. The van der Waals surface area contributed by atoms with Gasteiger partial charge < -0.3 is 18.6 Å². The first-order chi connectivity index (χ1) is 16.7. The average molecular weight is 499 g/mol. The fourth-order valence-corrected chi connectivity index (χ4v) is 10.2. The number of rotatable bonds is 12. The third kappa shape index (κ3) is 6.23. The third-order valence-electron chi connectivity index (χ3n) is 7.39. The molecule has 0 spiro atoms. The van der Waals surface area contributed by atoms with E-state index in [0.717, 1.165) is 12.8 Å². The molecule has 1 saturated heterocycles. The molecular formula is C29H42O5Si. The van der Waals surface area contributed by atoms with E-state index < -0.39 is 8.32 Å². The second-order valence-corrected chi connectivity index (χ2v) is 15.0. The van der Waals surface area contributed by atoms with Gasteiger partial charge in [-0.15, -0.1) is 0 Å². The Labute approximate surface area is 212 Å². The van der Waals surface area contributed by atoms with E-state index in [1.165, 1.54) is 10.4 Å². The Morgan fingerprint density at radius 1 is 0.971 bits per heavy atom. The standard InChI is InChI=1S/C29H42O5Si/c1-22(27-23(21-33-28(27)30)20-26(31-5)32-6)14-13-19-34-35(29(2,3)4,24-15-9-7-10-16-24)25-17-11-8-12-18-25/h7-12,15-18,22-23,26-27H,13-14,19-21H2,1-6H3/t22-,23-,27+/m1/s1. The van der Waals surface area contributed by atoms with Crippen LogP contribution in [0.4, 0.5) is 0 Å². The summed E-state index contributed by atoms with van der Waals surface area (Å²) in [5.74, 6) is 0.0872. The monoisotopic (exact) mass is 498 g/mol. The molecule has 0 N–H and O–H groups in total. The van der Waals surface area contributed by atoms with Crippen molar-refractivity contribution in [1.82, 2.24) is 0 Å². The lowest BCUT2D eigenvalue weighted by atomic mass is 9.80. The number of cyclic esters (lactones) is 1. The molecule has 5 nitrogen and oxygen atoms in total. The average Bonchev–Trinajstić information content (AvgIpc) is 3.22. The van der Waals surface area contributed by atoms with Gasteiger partial charge in [0.1, 0.15) is 0 Å². The fourth-order valence-electron chi connectivity index (χ4n) is 5.60. The molecule has 0 aliphatic carbocycles. The molecule has 1 fully saturated rings. The molecule has 3 rings (SSSR count). The van der Waals surface area contributed by atoms with Crippen LogP contribution in [0.3, 0.4) is 0 Å². The first-order valence-corrected chi connectivity index (χ1v) is 14.6. The summed E-state index contributed by atoms with van der Waals surface area (Å²) in [6, 6.07) is 21.4. The van der Waals surface area contributed by atoms with Crippen LogP contribution in [-0.2, 0) is 23.4 Å². The van der Waals surface area contributed by atoms with Crippen LogP contribution in [0.15, 0.2) is 60.7 Å². The molecule has 6 heteroatoms. The summed E-state index contributed by atoms with van der Waals surface area (Å²) in [5, 5.41) is 2.53. The lowest BCUT2D eigenvalue weighted by molar-refractivity contribution is -0.142. The van der Waals surface area contributed by atoms with Crippen LogP contribution in [0.1, 0.15) is 47.0 Å². The van der Waals surface area contributed by atoms with E-state index in [0.29, 0.717) is 19.6 Å². The van der Waals surface area contributed by atoms with Crippen molar-refractivity contribution in [1.29, 1.82) is 0 Å². The van der Waals surface area contributed by atoms with E-state index in [1.54, 1.807) is 14.2 Å². The Hall–Kier alpha value is -1.99. The zero-order valence-corrected chi connectivity index (χ0v) is 23.2. The predicted molar refractivity (Wildman–Crippen MR) is 142 cm³/mol. The normalized spacial score (nSPS) is 19.7. The molecule has 192 valence electrons. The number of methoxy groups -OCH3 is 2. The highest BCUT2D eigenvalue weighted by molar-refractivity contribution is 6.99. The van der Waals surface area contributed by atoms with Gasteiger partial charge in [0.05, 0.1) is 12.5 Å². The number of carbonyl (C=O) groups is 1. The van der Waals surface area contributed by atoms with Crippen molar-refractivity contribution in [2.24, 2.45) is 17.8 Å². The number of esters is 1. The summed E-state index contributed by atoms with van der Waals surface area (Å²) in [5.41, 5.74) is 0. The SMILES string of the molecule is COC(C[C@@H]1COC(=O)[C@H]1[C@H](C)CCCO[Si](c1ccccc1)(c1ccccc1)C(C)(C)C)OC. The first kappa shape index (κ1) is 27.6. The molecule has 0 saturated carbocycles. The van der Waals surface area contributed by atoms with Gasteiger partial charge in [0, 0.05) is 33.2 Å². The Morgan fingerprint density at radius 2 is 1.51 bits per heavy atom. The predicted octanol–water partition coefficient (Wildman–Crippen LogP) is 4.78. The molecule has 35 heavy (non-hydrogen) atoms. The van der Waals surface area contributed by atoms with Crippen LogP contribution < -0.4 is 10.4 Å². The van der Waals surface area contributed by atoms with Gasteiger partial charge >= 0.3 is 5.97 Å². The van der Waals surface area contributed by atoms with Gasteiger partial charge in [0.2, 0.25) is 0 Å². The maximum atomic E-state index is 12.5. The molecule has 2 aromatic rings. The summed E-state index contributed by atoms with van der Waals surface area (Å²) in [4.78, 5) is 12.5. The second-order valence-electron chi connectivity index (χ2n) is 10.7. The lowest BCUT2D eigenvalue weighted by Gasteiger charge is -2.43. The van der Waals surface area contributed by atoms with E-state index in [1.807, 2.05) is 0 Å². The highest BCUT2D eigenvalue weighted by atomic mass is 28.4. The van der Waals surface area contributed by atoms with Crippen molar-refractivity contribution < 1.29 is 23.4 Å². The lowest BCUT2D eigenvalue weighted by Crippen LogP contribution is -2.66. The van der Waals surface area contributed by atoms with Gasteiger partial charge in [-0.3, -0.25) is 4.79 Å². The van der Waals surface area contributed by atoms with Crippen molar-refractivity contribution in [3.63, 3.8) is 0 Å². The zero-order valence-electron chi connectivity index (χ0n) is 22.2. The Bertz CT molecular complexity index is 868. The molecule has 0 unspecified atom stereocenters. The number of hydrogen-bond acceptors (Lipinski definition) is 5. The topological polar surface area (TPSA) is 54.0 Å². The zero-order chi connectivity index (χ0) is 25.5. The second kappa shape index (κ2) is 12.3. The quantitative estimate of drug-likeness (QED) is 0.182. The molecule has 3 atom stereocenters. The smallest absolute Gasteiger partial charge is 0.309 e. The maximum absolute atomic E-state index is 12.5. The van der Waals surface area contributed by atoms with Gasteiger partial charge in [0.15, 0.2) is 6.29 Å². The highest BCUT2D eigenvalue weighted by Crippen LogP contribution is 2.38. The van der Waals surface area contributed by atoms with E-state index in [4.69, 9.17) is 18.6 Å². The number of benzene rings is 2. The molecule has 0 radical (unpaired) electrons. The van der Waals surface area contributed by atoms with Gasteiger partial charge in [-0.05, 0) is 34.2 Å². The van der Waals surface area contributed by atoms with Gasteiger partial charge in [-0.2, -0.15) is 0 Å². The van der Waals surface area contributed by atoms with E-state index in [9.17, 15) is 4.79 Å². The minimum atomic E-state index is -2.54. The fraction of sp³-hybridized carbons (Fsp3) is 0.552. The minimum absolute atomic E-state index is 0.0446. The van der Waals surface area contributed by atoms with Gasteiger partial charge in [-0.25, -0.2) is 0 Å².